The molecule has 8 heteroatoms. The predicted molar refractivity (Wildman–Crippen MR) is 129 cm³/mol. The molecule has 4 aromatic rings. The van der Waals surface area contributed by atoms with E-state index in [-0.39, 0.29) is 0 Å². The Balaban J connectivity index is 1.37. The molecule has 0 bridgehead atoms. The average Bonchev–Trinajstić information content (AvgIpc) is 3.25. The van der Waals surface area contributed by atoms with Crippen LogP contribution in [-0.2, 0) is 12.4 Å². The van der Waals surface area contributed by atoms with Gasteiger partial charge in [0.25, 0.3) is 0 Å². The molecule has 0 N–H and O–H groups in total. The average molecular weight is 514 g/mol. The molecule has 1 aromatic heterocycles. The van der Waals surface area contributed by atoms with Crippen molar-refractivity contribution in [2.75, 3.05) is 0 Å². The number of benzene rings is 3. The van der Waals surface area contributed by atoms with Gasteiger partial charge in [-0.15, -0.1) is 10.2 Å². The van der Waals surface area contributed by atoms with Crippen molar-refractivity contribution in [3.63, 3.8) is 0 Å². The number of hydrogen-bond acceptors (Lipinski definition) is 5. The summed E-state index contributed by atoms with van der Waals surface area (Å²) in [5.41, 5.74) is 3.19. The zero-order valence-corrected chi connectivity index (χ0v) is 19.5. The minimum Gasteiger partial charge on any atom is -0.489 e. The first kappa shape index (κ1) is 21.6. The van der Waals surface area contributed by atoms with Crippen LogP contribution in [0.1, 0.15) is 16.7 Å². The van der Waals surface area contributed by atoms with Crippen LogP contribution in [0.5, 0.6) is 5.75 Å². The van der Waals surface area contributed by atoms with E-state index in [9.17, 15) is 0 Å². The third-order valence-electron chi connectivity index (χ3n) is 4.29. The van der Waals surface area contributed by atoms with E-state index < -0.39 is 0 Å². The summed E-state index contributed by atoms with van der Waals surface area (Å²) < 4.78 is 8.62. The lowest BCUT2D eigenvalue weighted by Gasteiger charge is -2.07. The van der Waals surface area contributed by atoms with Gasteiger partial charge in [-0.25, -0.2) is 0 Å². The summed E-state index contributed by atoms with van der Waals surface area (Å²) in [6, 6.07) is 23.6. The van der Waals surface area contributed by atoms with Crippen LogP contribution in [0.3, 0.4) is 0 Å². The second-order valence-electron chi connectivity index (χ2n) is 6.61. The second-order valence-corrected chi connectivity index (χ2v) is 8.90. The minimum absolute atomic E-state index is 0.505. The van der Waals surface area contributed by atoms with Gasteiger partial charge < -0.3 is 4.74 Å². The summed E-state index contributed by atoms with van der Waals surface area (Å²) in [4.78, 5) is 0. The lowest BCUT2D eigenvalue weighted by molar-refractivity contribution is 0.306. The Morgan fingerprint density at radius 2 is 1.81 bits per heavy atom. The van der Waals surface area contributed by atoms with Crippen molar-refractivity contribution < 1.29 is 4.74 Å². The largest absolute Gasteiger partial charge is 0.489 e. The van der Waals surface area contributed by atoms with Crippen LogP contribution in [0.15, 0.2) is 93.9 Å². The van der Waals surface area contributed by atoms with Gasteiger partial charge in [0.1, 0.15) is 18.7 Å². The molecule has 0 saturated carbocycles. The molecule has 31 heavy (non-hydrogen) atoms. The Morgan fingerprint density at radius 3 is 2.61 bits per heavy atom. The molecule has 0 atom stereocenters. The quantitative estimate of drug-likeness (QED) is 0.201. The van der Waals surface area contributed by atoms with E-state index in [1.807, 2.05) is 72.8 Å². The molecule has 1 heterocycles. The van der Waals surface area contributed by atoms with Crippen LogP contribution in [0.4, 0.5) is 0 Å². The summed E-state index contributed by atoms with van der Waals surface area (Å²) in [7, 11) is 0. The number of thioether (sulfide) groups is 1. The minimum atomic E-state index is 0.505. The van der Waals surface area contributed by atoms with Gasteiger partial charge in [-0.1, -0.05) is 75.7 Å². The molecule has 156 valence electrons. The Bertz CT molecular complexity index is 1160. The van der Waals surface area contributed by atoms with Crippen LogP contribution in [0, 0.1) is 0 Å². The molecular formula is C23H18BrClN4OS. The van der Waals surface area contributed by atoms with Crippen LogP contribution >= 0.6 is 39.3 Å². The molecule has 0 aliphatic carbocycles. The van der Waals surface area contributed by atoms with Crippen LogP contribution < -0.4 is 4.74 Å². The van der Waals surface area contributed by atoms with Crippen LogP contribution in [-0.4, -0.2) is 21.1 Å². The highest BCUT2D eigenvalue weighted by Gasteiger charge is 2.05. The summed E-state index contributed by atoms with van der Waals surface area (Å²) >= 11 is 10.9. The van der Waals surface area contributed by atoms with E-state index >= 15 is 0 Å². The maximum absolute atomic E-state index is 5.94. The lowest BCUT2D eigenvalue weighted by atomic mass is 10.2. The standard InChI is InChI=1S/C23H18BrClN4OS/c24-20-8-4-17(5-9-20)14-30-22-3-1-2-19(12-22)13-27-29-16-26-28-23(29)31-15-18-6-10-21(25)11-7-18/h1-13,16H,14-15H2/b27-13+. The summed E-state index contributed by atoms with van der Waals surface area (Å²) in [6.07, 6.45) is 3.36. The molecule has 4 rings (SSSR count). The SMILES string of the molecule is Clc1ccc(CSc2nncn2/N=C/c2cccc(OCc3ccc(Br)cc3)c2)cc1. The maximum atomic E-state index is 5.94. The van der Waals surface area contributed by atoms with Gasteiger partial charge in [0, 0.05) is 15.2 Å². The molecule has 0 aliphatic heterocycles. The molecule has 0 spiro atoms. The number of hydrogen-bond donors (Lipinski definition) is 0. The second kappa shape index (κ2) is 10.6. The fraction of sp³-hybridized carbons (Fsp3) is 0.0870. The van der Waals surface area contributed by atoms with E-state index in [4.69, 9.17) is 16.3 Å². The first-order valence-electron chi connectivity index (χ1n) is 9.45. The van der Waals surface area contributed by atoms with Crippen LogP contribution in [0.2, 0.25) is 5.02 Å². The van der Waals surface area contributed by atoms with Gasteiger partial charge in [-0.3, -0.25) is 0 Å². The molecule has 3 aromatic carbocycles. The number of ether oxygens (including phenoxy) is 1. The molecule has 0 saturated heterocycles. The zero-order valence-electron chi connectivity index (χ0n) is 16.4. The number of halogens is 2. The maximum Gasteiger partial charge on any atom is 0.212 e. The fourth-order valence-corrected chi connectivity index (χ4v) is 3.89. The van der Waals surface area contributed by atoms with Gasteiger partial charge >= 0.3 is 0 Å². The number of rotatable bonds is 8. The normalized spacial score (nSPS) is 11.2. The Hall–Kier alpha value is -2.61. The first-order chi connectivity index (χ1) is 15.2. The van der Waals surface area contributed by atoms with E-state index in [1.165, 1.54) is 0 Å². The lowest BCUT2D eigenvalue weighted by Crippen LogP contribution is -1.96. The molecule has 0 fully saturated rings. The highest BCUT2D eigenvalue weighted by molar-refractivity contribution is 9.10. The van der Waals surface area contributed by atoms with Gasteiger partial charge in [-0.05, 0) is 53.1 Å². The van der Waals surface area contributed by atoms with Gasteiger partial charge in [-0.2, -0.15) is 9.78 Å². The summed E-state index contributed by atoms with van der Waals surface area (Å²) in [6.45, 7) is 0.505. The van der Waals surface area contributed by atoms with E-state index in [2.05, 4.69) is 31.2 Å². The molecule has 0 unspecified atom stereocenters. The van der Waals surface area contributed by atoms with Crippen molar-refractivity contribution in [3.8, 4) is 5.75 Å². The zero-order chi connectivity index (χ0) is 21.5. The highest BCUT2D eigenvalue weighted by atomic mass is 79.9. The smallest absolute Gasteiger partial charge is 0.212 e. The Morgan fingerprint density at radius 1 is 1.03 bits per heavy atom. The third kappa shape index (κ3) is 6.43. The first-order valence-corrected chi connectivity index (χ1v) is 11.6. The molecular weight excluding hydrogens is 496 g/mol. The summed E-state index contributed by atoms with van der Waals surface area (Å²) in [5, 5.41) is 14.1. The van der Waals surface area contributed by atoms with Crippen molar-refractivity contribution in [2.24, 2.45) is 5.10 Å². The van der Waals surface area contributed by atoms with Gasteiger partial charge in [0.05, 0.1) is 6.21 Å². The molecule has 0 amide bonds. The highest BCUT2D eigenvalue weighted by Crippen LogP contribution is 2.22. The van der Waals surface area contributed by atoms with Crippen molar-refractivity contribution in [1.82, 2.24) is 14.9 Å². The Labute approximate surface area is 198 Å². The molecule has 0 radical (unpaired) electrons. The predicted octanol–water partition coefficient (Wildman–Crippen LogP) is 6.45. The molecule has 5 nitrogen and oxygen atoms in total. The van der Waals surface area contributed by atoms with Crippen molar-refractivity contribution >= 4 is 45.5 Å². The number of aromatic nitrogens is 3. The van der Waals surface area contributed by atoms with Crippen molar-refractivity contribution in [1.29, 1.82) is 0 Å². The topological polar surface area (TPSA) is 52.3 Å². The third-order valence-corrected chi connectivity index (χ3v) is 6.07. The van der Waals surface area contributed by atoms with E-state index in [0.29, 0.717) is 11.8 Å². The van der Waals surface area contributed by atoms with Gasteiger partial charge in [0.15, 0.2) is 0 Å². The van der Waals surface area contributed by atoms with Gasteiger partial charge in [0.2, 0.25) is 5.16 Å². The monoisotopic (exact) mass is 512 g/mol. The van der Waals surface area contributed by atoms with Crippen molar-refractivity contribution in [2.45, 2.75) is 17.5 Å². The Kier molecular flexibility index (Phi) is 7.40. The summed E-state index contributed by atoms with van der Waals surface area (Å²) in [5.74, 6) is 1.54. The number of nitrogens with zero attached hydrogens (tertiary/aromatic N) is 4. The molecule has 0 aliphatic rings. The van der Waals surface area contributed by atoms with Crippen molar-refractivity contribution in [3.05, 3.63) is 105 Å². The van der Waals surface area contributed by atoms with E-state index in [1.54, 1.807) is 29.0 Å². The van der Waals surface area contributed by atoms with E-state index in [0.717, 1.165) is 37.7 Å². The van der Waals surface area contributed by atoms with Crippen LogP contribution in [0.25, 0.3) is 0 Å². The fourth-order valence-electron chi connectivity index (χ4n) is 2.68.